The number of rotatable bonds is 5. The molecule has 6 nitrogen and oxygen atoms in total. The number of carbonyl (C=O) groups excluding carboxylic acids is 1. The quantitative estimate of drug-likeness (QED) is 0.457. The van der Waals surface area contributed by atoms with E-state index in [4.69, 9.17) is 16.0 Å². The molecule has 0 aliphatic carbocycles. The fourth-order valence-electron chi connectivity index (χ4n) is 2.44. The second-order valence-electron chi connectivity index (χ2n) is 5.73. The van der Waals surface area contributed by atoms with E-state index in [1.807, 2.05) is 30.3 Å². The van der Waals surface area contributed by atoms with Crippen molar-refractivity contribution in [2.45, 2.75) is 10.9 Å². The van der Waals surface area contributed by atoms with Gasteiger partial charge in [-0.15, -0.1) is 0 Å². The maximum Gasteiger partial charge on any atom is 0.293 e. The minimum atomic E-state index is -0.565. The number of hydrogen-bond donors (Lipinski definition) is 1. The molecular formula is C19H12ClN3O3S2. The molecule has 0 bridgehead atoms. The molecule has 4 aromatic rings. The molecule has 2 aromatic heterocycles. The van der Waals surface area contributed by atoms with Crippen molar-refractivity contribution in [3.63, 3.8) is 0 Å². The molecule has 28 heavy (non-hydrogen) atoms. The monoisotopic (exact) mass is 429 g/mol. The second kappa shape index (κ2) is 8.14. The predicted octanol–water partition coefficient (Wildman–Crippen LogP) is 4.84. The third kappa shape index (κ3) is 4.24. The average molecular weight is 430 g/mol. The Morgan fingerprint density at radius 1 is 1.18 bits per heavy atom. The number of thioether (sulfide) groups is 1. The van der Waals surface area contributed by atoms with E-state index in [2.05, 4.69) is 14.7 Å². The third-order valence-corrected chi connectivity index (χ3v) is 5.65. The molecule has 0 aliphatic heterocycles. The standard InChI is InChI=1S/C19H12ClN3O3S2/c20-12-6-7-15-13(8-12)14(24)9-16(26-15)17(25)21-18-22-19(23-28-18)27-10-11-4-2-1-3-5-11/h1-9H,10H2,(H,21,22,23,25). The SMILES string of the molecule is O=C(Nc1nc(SCc2ccccc2)ns1)c1cc(=O)c2cc(Cl)ccc2o1. The molecule has 0 fully saturated rings. The van der Waals surface area contributed by atoms with Crippen LogP contribution in [0.15, 0.2) is 69.0 Å². The number of carbonyl (C=O) groups is 1. The number of benzene rings is 2. The molecule has 0 saturated heterocycles. The second-order valence-corrected chi connectivity index (χ2v) is 7.86. The molecule has 4 rings (SSSR count). The molecule has 0 atom stereocenters. The van der Waals surface area contributed by atoms with Crippen LogP contribution in [0.3, 0.4) is 0 Å². The molecule has 0 saturated carbocycles. The summed E-state index contributed by atoms with van der Waals surface area (Å²) in [5.74, 6) is 0.0609. The van der Waals surface area contributed by atoms with Gasteiger partial charge in [-0.25, -0.2) is 0 Å². The van der Waals surface area contributed by atoms with Crippen molar-refractivity contribution in [2.24, 2.45) is 0 Å². The van der Waals surface area contributed by atoms with Gasteiger partial charge >= 0.3 is 0 Å². The van der Waals surface area contributed by atoms with Gasteiger partial charge in [0.15, 0.2) is 11.2 Å². The molecule has 2 aromatic carbocycles. The lowest BCUT2D eigenvalue weighted by Gasteiger charge is -2.03. The lowest BCUT2D eigenvalue weighted by Crippen LogP contribution is -2.14. The minimum Gasteiger partial charge on any atom is -0.451 e. The normalized spacial score (nSPS) is 10.9. The van der Waals surface area contributed by atoms with E-state index in [1.54, 1.807) is 12.1 Å². The highest BCUT2D eigenvalue weighted by molar-refractivity contribution is 7.98. The first-order chi connectivity index (χ1) is 13.6. The summed E-state index contributed by atoms with van der Waals surface area (Å²) in [6.07, 6.45) is 0. The Balaban J connectivity index is 1.47. The van der Waals surface area contributed by atoms with Crippen molar-refractivity contribution in [1.29, 1.82) is 0 Å². The van der Waals surface area contributed by atoms with Crippen LogP contribution in [0.5, 0.6) is 0 Å². The van der Waals surface area contributed by atoms with Crippen LogP contribution in [0.2, 0.25) is 5.02 Å². The van der Waals surface area contributed by atoms with Gasteiger partial charge in [-0.3, -0.25) is 14.9 Å². The Morgan fingerprint density at radius 2 is 2.00 bits per heavy atom. The molecule has 0 spiro atoms. The van der Waals surface area contributed by atoms with Crippen molar-refractivity contribution >= 4 is 56.9 Å². The first-order valence-electron chi connectivity index (χ1n) is 8.14. The Kier molecular flexibility index (Phi) is 5.43. The molecule has 2 heterocycles. The summed E-state index contributed by atoms with van der Waals surface area (Å²) in [7, 11) is 0. The van der Waals surface area contributed by atoms with E-state index in [-0.39, 0.29) is 11.2 Å². The minimum absolute atomic E-state index is 0.103. The molecule has 140 valence electrons. The van der Waals surface area contributed by atoms with Crippen LogP contribution in [-0.4, -0.2) is 15.3 Å². The van der Waals surface area contributed by atoms with Gasteiger partial charge in [0.05, 0.1) is 5.39 Å². The Labute approximate surface area is 172 Å². The highest BCUT2D eigenvalue weighted by Gasteiger charge is 2.15. The number of halogens is 1. The van der Waals surface area contributed by atoms with Crippen LogP contribution in [0, 0.1) is 0 Å². The number of hydrogen-bond acceptors (Lipinski definition) is 7. The zero-order chi connectivity index (χ0) is 19.5. The molecule has 0 unspecified atom stereocenters. The number of anilines is 1. The van der Waals surface area contributed by atoms with Gasteiger partial charge < -0.3 is 4.42 Å². The van der Waals surface area contributed by atoms with Crippen molar-refractivity contribution < 1.29 is 9.21 Å². The van der Waals surface area contributed by atoms with E-state index in [0.29, 0.717) is 26.3 Å². The smallest absolute Gasteiger partial charge is 0.293 e. The van der Waals surface area contributed by atoms with Crippen LogP contribution in [0.25, 0.3) is 11.0 Å². The van der Waals surface area contributed by atoms with Crippen molar-refractivity contribution in [2.75, 3.05) is 5.32 Å². The van der Waals surface area contributed by atoms with E-state index in [1.165, 1.54) is 17.8 Å². The Morgan fingerprint density at radius 3 is 2.82 bits per heavy atom. The highest BCUT2D eigenvalue weighted by Crippen LogP contribution is 2.24. The van der Waals surface area contributed by atoms with Gasteiger partial charge in [-0.05, 0) is 23.8 Å². The largest absolute Gasteiger partial charge is 0.451 e. The van der Waals surface area contributed by atoms with Crippen molar-refractivity contribution in [3.8, 4) is 0 Å². The van der Waals surface area contributed by atoms with Crippen LogP contribution in [0.4, 0.5) is 5.13 Å². The maximum atomic E-state index is 12.4. The van der Waals surface area contributed by atoms with Gasteiger partial charge in [0.25, 0.3) is 5.91 Å². The topological polar surface area (TPSA) is 85.1 Å². The van der Waals surface area contributed by atoms with E-state index in [0.717, 1.165) is 28.9 Å². The van der Waals surface area contributed by atoms with E-state index < -0.39 is 5.91 Å². The molecule has 1 N–H and O–H groups in total. The number of nitrogens with zero attached hydrogens (tertiary/aromatic N) is 2. The lowest BCUT2D eigenvalue weighted by atomic mass is 10.2. The van der Waals surface area contributed by atoms with Crippen molar-refractivity contribution in [1.82, 2.24) is 9.36 Å². The molecule has 0 aliphatic rings. The molecular weight excluding hydrogens is 418 g/mol. The summed E-state index contributed by atoms with van der Waals surface area (Å²) in [6, 6.07) is 15.7. The van der Waals surface area contributed by atoms with Crippen LogP contribution in [0.1, 0.15) is 16.1 Å². The van der Waals surface area contributed by atoms with Gasteiger partial charge in [0, 0.05) is 28.4 Å². The van der Waals surface area contributed by atoms with E-state index >= 15 is 0 Å². The fourth-order valence-corrected chi connectivity index (χ4v) is 4.11. The van der Waals surface area contributed by atoms with E-state index in [9.17, 15) is 9.59 Å². The van der Waals surface area contributed by atoms with Gasteiger partial charge in [0.2, 0.25) is 10.3 Å². The zero-order valence-corrected chi connectivity index (χ0v) is 16.6. The Bertz CT molecular complexity index is 1210. The van der Waals surface area contributed by atoms with Crippen LogP contribution in [-0.2, 0) is 5.75 Å². The number of amides is 1. The summed E-state index contributed by atoms with van der Waals surface area (Å²) >= 11 is 8.43. The summed E-state index contributed by atoms with van der Waals surface area (Å²) in [5, 5.41) is 4.26. The summed E-state index contributed by atoms with van der Waals surface area (Å²) < 4.78 is 9.75. The molecule has 1 amide bonds. The Hall–Kier alpha value is -2.68. The van der Waals surface area contributed by atoms with Crippen LogP contribution >= 0.6 is 34.9 Å². The first-order valence-corrected chi connectivity index (χ1v) is 10.3. The maximum absolute atomic E-state index is 12.4. The summed E-state index contributed by atoms with van der Waals surface area (Å²) in [4.78, 5) is 28.9. The highest BCUT2D eigenvalue weighted by atomic mass is 35.5. The van der Waals surface area contributed by atoms with Gasteiger partial charge in [-0.1, -0.05) is 53.7 Å². The fraction of sp³-hybridized carbons (Fsp3) is 0.0526. The summed E-state index contributed by atoms with van der Waals surface area (Å²) in [5.41, 5.74) is 1.11. The number of fused-ring (bicyclic) bond motifs is 1. The van der Waals surface area contributed by atoms with Gasteiger partial charge in [0.1, 0.15) is 5.58 Å². The third-order valence-electron chi connectivity index (χ3n) is 3.75. The lowest BCUT2D eigenvalue weighted by molar-refractivity contribution is 0.0997. The van der Waals surface area contributed by atoms with Crippen LogP contribution < -0.4 is 10.7 Å². The van der Waals surface area contributed by atoms with Crippen molar-refractivity contribution in [3.05, 3.63) is 81.2 Å². The summed E-state index contributed by atoms with van der Waals surface area (Å²) in [6.45, 7) is 0. The number of aromatic nitrogens is 2. The molecule has 0 radical (unpaired) electrons. The average Bonchev–Trinajstić information content (AvgIpc) is 3.15. The molecule has 9 heteroatoms. The predicted molar refractivity (Wildman–Crippen MR) is 111 cm³/mol. The number of nitrogens with one attached hydrogen (secondary N) is 1. The van der Waals surface area contributed by atoms with Gasteiger partial charge in [-0.2, -0.15) is 9.36 Å². The zero-order valence-electron chi connectivity index (χ0n) is 14.2. The first kappa shape index (κ1) is 18.7.